The third-order valence-corrected chi connectivity index (χ3v) is 4.74. The van der Waals surface area contributed by atoms with Gasteiger partial charge in [-0.1, -0.05) is 26.0 Å². The van der Waals surface area contributed by atoms with Crippen molar-refractivity contribution in [3.8, 4) is 5.75 Å². The van der Waals surface area contributed by atoms with E-state index in [9.17, 15) is 4.79 Å². The molecule has 0 aromatic heterocycles. The fourth-order valence-electron chi connectivity index (χ4n) is 3.15. The van der Waals surface area contributed by atoms with E-state index in [0.29, 0.717) is 12.0 Å². The van der Waals surface area contributed by atoms with Gasteiger partial charge < -0.3 is 10.1 Å². The van der Waals surface area contributed by atoms with Crippen molar-refractivity contribution >= 4 is 5.91 Å². The van der Waals surface area contributed by atoms with Crippen molar-refractivity contribution in [2.75, 3.05) is 6.61 Å². The van der Waals surface area contributed by atoms with E-state index < -0.39 is 0 Å². The number of amides is 1. The highest BCUT2D eigenvalue weighted by Crippen LogP contribution is 2.44. The van der Waals surface area contributed by atoms with Crippen LogP contribution in [0, 0.1) is 18.8 Å². The Morgan fingerprint density at radius 3 is 2.41 bits per heavy atom. The third-order valence-electron chi connectivity index (χ3n) is 4.74. The molecule has 0 unspecified atom stereocenters. The Morgan fingerprint density at radius 2 is 1.86 bits per heavy atom. The summed E-state index contributed by atoms with van der Waals surface area (Å²) >= 11 is 0. The Hall–Kier alpha value is -1.51. The maximum absolute atomic E-state index is 12.2. The first kappa shape index (κ1) is 15.4. The van der Waals surface area contributed by atoms with Crippen molar-refractivity contribution in [3.63, 3.8) is 0 Å². The Kier molecular flexibility index (Phi) is 4.42. The topological polar surface area (TPSA) is 38.3 Å². The van der Waals surface area contributed by atoms with E-state index in [1.165, 1.54) is 31.2 Å². The molecule has 2 fully saturated rings. The minimum Gasteiger partial charge on any atom is -0.483 e. The Balaban J connectivity index is 1.57. The first-order chi connectivity index (χ1) is 10.5. The normalized spacial score (nSPS) is 17.9. The summed E-state index contributed by atoms with van der Waals surface area (Å²) in [5.74, 6) is 2.71. The van der Waals surface area contributed by atoms with Gasteiger partial charge in [0.2, 0.25) is 0 Å². The largest absolute Gasteiger partial charge is 0.483 e. The van der Waals surface area contributed by atoms with Crippen LogP contribution in [0.4, 0.5) is 0 Å². The van der Waals surface area contributed by atoms with E-state index in [-0.39, 0.29) is 12.5 Å². The molecular weight excluding hydrogens is 274 g/mol. The summed E-state index contributed by atoms with van der Waals surface area (Å²) in [6.07, 6.45) is 5.10. The second-order valence-electron chi connectivity index (χ2n) is 7.25. The number of hydrogen-bond donors (Lipinski definition) is 1. The SMILES string of the molecule is Cc1ccc(C(C)C)c(OCC(=O)NC(C2CC2)C2CC2)c1. The molecule has 2 saturated carbocycles. The van der Waals surface area contributed by atoms with Gasteiger partial charge in [0, 0.05) is 6.04 Å². The standard InChI is InChI=1S/C19H27NO2/c1-12(2)16-9-4-13(3)10-17(16)22-11-18(21)20-19(14-5-6-14)15-7-8-15/h4,9-10,12,14-15,19H,5-8,11H2,1-3H3,(H,20,21). The minimum absolute atomic E-state index is 0.0278. The highest BCUT2D eigenvalue weighted by Gasteiger charge is 2.42. The highest BCUT2D eigenvalue weighted by atomic mass is 16.5. The van der Waals surface area contributed by atoms with Gasteiger partial charge in [-0.25, -0.2) is 0 Å². The molecule has 1 N–H and O–H groups in total. The van der Waals surface area contributed by atoms with Gasteiger partial charge in [-0.15, -0.1) is 0 Å². The first-order valence-electron chi connectivity index (χ1n) is 8.57. The molecule has 120 valence electrons. The maximum atomic E-state index is 12.2. The number of rotatable bonds is 7. The molecule has 0 atom stereocenters. The molecule has 3 rings (SSSR count). The van der Waals surface area contributed by atoms with Gasteiger partial charge in [0.15, 0.2) is 6.61 Å². The molecule has 3 heteroatoms. The van der Waals surface area contributed by atoms with Gasteiger partial charge in [-0.05, 0) is 67.6 Å². The molecule has 0 saturated heterocycles. The lowest BCUT2D eigenvalue weighted by molar-refractivity contribution is -0.124. The lowest BCUT2D eigenvalue weighted by Gasteiger charge is -2.19. The second kappa shape index (κ2) is 6.31. The molecule has 0 aliphatic heterocycles. The van der Waals surface area contributed by atoms with Crippen molar-refractivity contribution in [2.24, 2.45) is 11.8 Å². The number of carbonyl (C=O) groups excluding carboxylic acids is 1. The van der Waals surface area contributed by atoms with Gasteiger partial charge in [-0.3, -0.25) is 4.79 Å². The van der Waals surface area contributed by atoms with Crippen molar-refractivity contribution in [1.29, 1.82) is 0 Å². The van der Waals surface area contributed by atoms with E-state index in [1.54, 1.807) is 0 Å². The Labute approximate surface area is 133 Å². The van der Waals surface area contributed by atoms with Crippen LogP contribution >= 0.6 is 0 Å². The number of benzene rings is 1. The van der Waals surface area contributed by atoms with E-state index in [1.807, 2.05) is 13.0 Å². The molecule has 1 aromatic rings. The van der Waals surface area contributed by atoms with Gasteiger partial charge in [-0.2, -0.15) is 0 Å². The van der Waals surface area contributed by atoms with E-state index in [4.69, 9.17) is 4.74 Å². The summed E-state index contributed by atoms with van der Waals surface area (Å²) < 4.78 is 5.83. The van der Waals surface area contributed by atoms with Crippen LogP contribution in [0.3, 0.4) is 0 Å². The van der Waals surface area contributed by atoms with Gasteiger partial charge in [0.1, 0.15) is 5.75 Å². The summed E-state index contributed by atoms with van der Waals surface area (Å²) in [5, 5.41) is 3.21. The van der Waals surface area contributed by atoms with Crippen molar-refractivity contribution in [1.82, 2.24) is 5.32 Å². The predicted molar refractivity (Wildman–Crippen MR) is 88.1 cm³/mol. The lowest BCUT2D eigenvalue weighted by Crippen LogP contribution is -2.40. The molecular formula is C19H27NO2. The third kappa shape index (κ3) is 3.82. The molecule has 0 bridgehead atoms. The fraction of sp³-hybridized carbons (Fsp3) is 0.632. The van der Waals surface area contributed by atoms with Crippen LogP contribution in [-0.4, -0.2) is 18.6 Å². The Bertz CT molecular complexity index is 532. The second-order valence-corrected chi connectivity index (χ2v) is 7.25. The van der Waals surface area contributed by atoms with Crippen LogP contribution in [-0.2, 0) is 4.79 Å². The smallest absolute Gasteiger partial charge is 0.258 e. The van der Waals surface area contributed by atoms with E-state index in [0.717, 1.165) is 23.1 Å². The van der Waals surface area contributed by atoms with Crippen molar-refractivity contribution < 1.29 is 9.53 Å². The van der Waals surface area contributed by atoms with Crippen LogP contribution in [0.2, 0.25) is 0 Å². The maximum Gasteiger partial charge on any atom is 0.258 e. The summed E-state index contributed by atoms with van der Waals surface area (Å²) in [6, 6.07) is 6.63. The molecule has 2 aliphatic rings. The van der Waals surface area contributed by atoms with Crippen LogP contribution < -0.4 is 10.1 Å². The molecule has 1 aromatic carbocycles. The lowest BCUT2D eigenvalue weighted by atomic mass is 10.0. The van der Waals surface area contributed by atoms with Crippen LogP contribution in [0.15, 0.2) is 18.2 Å². The summed E-state index contributed by atoms with van der Waals surface area (Å²) in [5.41, 5.74) is 2.33. The summed E-state index contributed by atoms with van der Waals surface area (Å²) in [4.78, 5) is 12.2. The Morgan fingerprint density at radius 1 is 1.23 bits per heavy atom. The van der Waals surface area contributed by atoms with Crippen molar-refractivity contribution in [2.45, 2.75) is 58.4 Å². The molecule has 0 radical (unpaired) electrons. The number of nitrogens with one attached hydrogen (secondary N) is 1. The number of carbonyl (C=O) groups is 1. The van der Waals surface area contributed by atoms with Crippen LogP contribution in [0.5, 0.6) is 5.75 Å². The quantitative estimate of drug-likeness (QED) is 0.832. The van der Waals surface area contributed by atoms with Crippen LogP contribution in [0.1, 0.15) is 56.6 Å². The molecule has 0 spiro atoms. The molecule has 0 heterocycles. The van der Waals surface area contributed by atoms with E-state index in [2.05, 4.69) is 31.3 Å². The monoisotopic (exact) mass is 301 g/mol. The molecule has 2 aliphatic carbocycles. The molecule has 22 heavy (non-hydrogen) atoms. The fourth-order valence-corrected chi connectivity index (χ4v) is 3.15. The zero-order chi connectivity index (χ0) is 15.7. The van der Waals surface area contributed by atoms with Crippen molar-refractivity contribution in [3.05, 3.63) is 29.3 Å². The number of aryl methyl sites for hydroxylation is 1. The number of ether oxygens (including phenoxy) is 1. The van der Waals surface area contributed by atoms with E-state index >= 15 is 0 Å². The molecule has 3 nitrogen and oxygen atoms in total. The number of hydrogen-bond acceptors (Lipinski definition) is 2. The van der Waals surface area contributed by atoms with Gasteiger partial charge in [0.05, 0.1) is 0 Å². The molecule has 1 amide bonds. The summed E-state index contributed by atoms with van der Waals surface area (Å²) in [7, 11) is 0. The zero-order valence-electron chi connectivity index (χ0n) is 13.9. The average molecular weight is 301 g/mol. The van der Waals surface area contributed by atoms with Gasteiger partial charge >= 0.3 is 0 Å². The summed E-state index contributed by atoms with van der Waals surface area (Å²) in [6.45, 7) is 6.47. The minimum atomic E-state index is 0.0278. The predicted octanol–water partition coefficient (Wildman–Crippen LogP) is 3.80. The van der Waals surface area contributed by atoms with Gasteiger partial charge in [0.25, 0.3) is 5.91 Å². The van der Waals surface area contributed by atoms with Crippen LogP contribution in [0.25, 0.3) is 0 Å². The zero-order valence-corrected chi connectivity index (χ0v) is 13.9. The first-order valence-corrected chi connectivity index (χ1v) is 8.57. The highest BCUT2D eigenvalue weighted by molar-refractivity contribution is 5.78. The average Bonchev–Trinajstić information content (AvgIpc) is 3.36.